The minimum absolute atomic E-state index is 0.184. The third kappa shape index (κ3) is 15.2. The summed E-state index contributed by atoms with van der Waals surface area (Å²) in [6.45, 7) is 16.7. The summed E-state index contributed by atoms with van der Waals surface area (Å²) in [6.07, 6.45) is 1.89. The molecule has 0 aromatic heterocycles. The summed E-state index contributed by atoms with van der Waals surface area (Å²) in [6, 6.07) is 21.2. The van der Waals surface area contributed by atoms with Gasteiger partial charge < -0.3 is 62.9 Å². The Labute approximate surface area is 386 Å². The van der Waals surface area contributed by atoms with Gasteiger partial charge in [-0.05, 0) is 71.9 Å². The zero-order valence-electron chi connectivity index (χ0n) is 42.3. The fourth-order valence-corrected chi connectivity index (χ4v) is 17.2. The minimum atomic E-state index is -2.79. The highest BCUT2D eigenvalue weighted by Crippen LogP contribution is 2.41. The highest BCUT2D eigenvalue weighted by molar-refractivity contribution is 6.61. The van der Waals surface area contributed by atoms with E-state index < -0.39 is 35.2 Å². The molecule has 4 unspecified atom stereocenters. The van der Waals surface area contributed by atoms with Gasteiger partial charge in [0.25, 0.3) is 0 Å². The summed E-state index contributed by atoms with van der Waals surface area (Å²) >= 11 is 0. The molecule has 0 radical (unpaired) electrons. The van der Waals surface area contributed by atoms with Gasteiger partial charge in [-0.25, -0.2) is 0 Å². The zero-order valence-corrected chi connectivity index (χ0v) is 46.3. The van der Waals surface area contributed by atoms with Crippen LogP contribution in [0.4, 0.5) is 11.4 Å². The number of rotatable bonds is 34. The highest BCUT2D eigenvalue weighted by Gasteiger charge is 2.43. The Morgan fingerprint density at radius 2 is 0.556 bits per heavy atom. The van der Waals surface area contributed by atoms with Gasteiger partial charge in [-0.2, -0.15) is 0 Å². The summed E-state index contributed by atoms with van der Waals surface area (Å²) in [5, 5.41) is 0. The molecule has 0 heterocycles. The fraction of sp³-hybridized carbons (Fsp3) is 0.733. The first-order valence-electron chi connectivity index (χ1n) is 22.3. The van der Waals surface area contributed by atoms with Gasteiger partial charge in [-0.3, -0.25) is 0 Å². The third-order valence-corrected chi connectivity index (χ3v) is 25.3. The Balaban J connectivity index is 2.57. The molecular formula is C45H86N2O12Si4. The van der Waals surface area contributed by atoms with E-state index in [4.69, 9.17) is 53.1 Å². The molecule has 63 heavy (non-hydrogen) atoms. The molecule has 0 aliphatic carbocycles. The second kappa shape index (κ2) is 27.3. The summed E-state index contributed by atoms with van der Waals surface area (Å²) in [5.74, 6) is 0.893. The van der Waals surface area contributed by atoms with Crippen molar-refractivity contribution in [2.75, 3.05) is 121 Å². The lowest BCUT2D eigenvalue weighted by Gasteiger charge is -2.37. The largest absolute Gasteiger partial charge is 0.500 e. The number of benzene rings is 2. The summed E-state index contributed by atoms with van der Waals surface area (Å²) in [5.41, 5.74) is 4.70. The molecule has 0 aliphatic heterocycles. The summed E-state index contributed by atoms with van der Waals surface area (Å²) in [7, 11) is 8.92. The number of hydrogen-bond donors (Lipinski definition) is 0. The van der Waals surface area contributed by atoms with Gasteiger partial charge in [0, 0.05) is 152 Å². The van der Waals surface area contributed by atoms with Crippen molar-refractivity contribution in [1.29, 1.82) is 0 Å². The van der Waals surface area contributed by atoms with Gasteiger partial charge in [-0.1, -0.05) is 65.8 Å². The van der Waals surface area contributed by atoms with Crippen molar-refractivity contribution in [1.82, 2.24) is 0 Å². The van der Waals surface area contributed by atoms with E-state index in [1.54, 1.807) is 85.3 Å². The lowest BCUT2D eigenvalue weighted by Crippen LogP contribution is -2.47. The van der Waals surface area contributed by atoms with E-state index in [2.05, 4.69) is 99.9 Å². The van der Waals surface area contributed by atoms with Gasteiger partial charge in [-0.15, -0.1) is 0 Å². The first kappa shape index (κ1) is 57.6. The first-order valence-corrected chi connectivity index (χ1v) is 30.0. The lowest BCUT2D eigenvalue weighted by atomic mass is 9.70. The molecule has 0 spiro atoms. The molecule has 0 amide bonds. The average Bonchev–Trinajstić information content (AvgIpc) is 3.31. The van der Waals surface area contributed by atoms with E-state index in [0.29, 0.717) is 24.2 Å². The normalized spacial score (nSPS) is 15.0. The van der Waals surface area contributed by atoms with Gasteiger partial charge >= 0.3 is 35.2 Å². The predicted octanol–water partition coefficient (Wildman–Crippen LogP) is 8.46. The van der Waals surface area contributed by atoms with E-state index in [-0.39, 0.29) is 29.1 Å². The van der Waals surface area contributed by atoms with Gasteiger partial charge in [0.05, 0.1) is 0 Å². The van der Waals surface area contributed by atoms with E-state index in [9.17, 15) is 0 Å². The first-order chi connectivity index (χ1) is 30.0. The number of nitrogens with zero attached hydrogens (tertiary/aromatic N) is 2. The van der Waals surface area contributed by atoms with Crippen LogP contribution >= 0.6 is 0 Å². The van der Waals surface area contributed by atoms with Crippen LogP contribution in [0.5, 0.6) is 0 Å². The van der Waals surface area contributed by atoms with Crippen molar-refractivity contribution in [3.63, 3.8) is 0 Å². The van der Waals surface area contributed by atoms with Crippen molar-refractivity contribution in [3.8, 4) is 0 Å². The maximum Gasteiger partial charge on any atom is 0.500 e. The molecule has 2 aromatic carbocycles. The van der Waals surface area contributed by atoms with Crippen molar-refractivity contribution in [3.05, 3.63) is 59.7 Å². The standard InChI is InChI=1S/C45H86N2O12Si4/c1-19-45(20-2,41-21-25-43(26-22-41)46(29-37(3)33-60(48-7,49-8)50-9)30-38(4)34-61(51-10,52-11)53-12)42-23-27-44(28-24-42)47(31-39(5)35-62(54-13,55-14)56-15)32-40(6)36-63(57-16,58-17)59-18/h21-28,37-40H,19-20,29-36H2,1-18H3. The molecule has 2 aromatic rings. The maximum absolute atomic E-state index is 5.82. The lowest BCUT2D eigenvalue weighted by molar-refractivity contribution is 0.117. The van der Waals surface area contributed by atoms with Crippen LogP contribution in [0.15, 0.2) is 48.5 Å². The molecule has 0 saturated carbocycles. The quantitative estimate of drug-likeness (QED) is 0.0625. The highest BCUT2D eigenvalue weighted by atomic mass is 28.4. The Morgan fingerprint density at radius 1 is 0.365 bits per heavy atom. The van der Waals surface area contributed by atoms with Crippen LogP contribution in [0.3, 0.4) is 0 Å². The van der Waals surface area contributed by atoms with Crippen LogP contribution in [0.2, 0.25) is 24.2 Å². The molecule has 2 rings (SSSR count). The summed E-state index contributed by atoms with van der Waals surface area (Å²) in [4.78, 5) is 4.92. The zero-order chi connectivity index (χ0) is 47.5. The van der Waals surface area contributed by atoms with Crippen molar-refractivity contribution >= 4 is 46.6 Å². The van der Waals surface area contributed by atoms with E-state index in [1.807, 2.05) is 0 Å². The Morgan fingerprint density at radius 3 is 0.714 bits per heavy atom. The molecule has 0 N–H and O–H groups in total. The average molecular weight is 960 g/mol. The van der Waals surface area contributed by atoms with Crippen LogP contribution in [0.25, 0.3) is 0 Å². The van der Waals surface area contributed by atoms with Crippen LogP contribution < -0.4 is 9.80 Å². The van der Waals surface area contributed by atoms with Crippen LogP contribution in [-0.4, -0.2) is 147 Å². The third-order valence-electron chi connectivity index (χ3n) is 13.0. The van der Waals surface area contributed by atoms with Gasteiger partial charge in [0.1, 0.15) is 0 Å². The number of hydrogen-bond acceptors (Lipinski definition) is 14. The van der Waals surface area contributed by atoms with Crippen molar-refractivity contribution in [2.45, 2.75) is 84.0 Å². The molecule has 18 heteroatoms. The summed E-state index contributed by atoms with van der Waals surface area (Å²) < 4.78 is 69.9. The molecule has 4 atom stereocenters. The predicted molar refractivity (Wildman–Crippen MR) is 262 cm³/mol. The Kier molecular flexibility index (Phi) is 24.9. The Bertz CT molecular complexity index is 1330. The SMILES string of the molecule is CCC(CC)(c1ccc(N(CC(C)C[Si](OC)(OC)OC)CC(C)C[Si](OC)(OC)OC)cc1)c1ccc(N(CC(C)C[Si](OC)(OC)OC)CC(C)C[Si](OC)(OC)OC)cc1. The fourth-order valence-electron chi connectivity index (χ4n) is 9.26. The molecule has 14 nitrogen and oxygen atoms in total. The van der Waals surface area contributed by atoms with E-state index in [1.165, 1.54) is 11.1 Å². The van der Waals surface area contributed by atoms with Crippen LogP contribution in [0.1, 0.15) is 65.5 Å². The molecule has 0 aliphatic rings. The maximum atomic E-state index is 5.82. The molecule has 0 fully saturated rings. The number of anilines is 2. The smallest absolute Gasteiger partial charge is 0.377 e. The molecule has 364 valence electrons. The van der Waals surface area contributed by atoms with Gasteiger partial charge in [0.2, 0.25) is 0 Å². The van der Waals surface area contributed by atoms with Crippen molar-refractivity contribution < 1.29 is 53.1 Å². The second-order valence-electron chi connectivity index (χ2n) is 17.1. The van der Waals surface area contributed by atoms with E-state index >= 15 is 0 Å². The van der Waals surface area contributed by atoms with Crippen molar-refractivity contribution in [2.24, 2.45) is 23.7 Å². The topological polar surface area (TPSA) is 117 Å². The van der Waals surface area contributed by atoms with E-state index in [0.717, 1.165) is 50.4 Å². The molecular weight excluding hydrogens is 873 g/mol. The van der Waals surface area contributed by atoms with Crippen LogP contribution in [-0.2, 0) is 58.5 Å². The molecule has 0 bridgehead atoms. The monoisotopic (exact) mass is 959 g/mol. The minimum Gasteiger partial charge on any atom is -0.377 e. The second-order valence-corrected chi connectivity index (χ2v) is 29.1. The van der Waals surface area contributed by atoms with Gasteiger partial charge in [0.15, 0.2) is 0 Å². The molecule has 0 saturated heterocycles. The van der Waals surface area contributed by atoms with Crippen LogP contribution in [0, 0.1) is 23.7 Å². The Hall–Kier alpha value is -1.57.